The Morgan fingerprint density at radius 3 is 1.71 bits per heavy atom. The first kappa shape index (κ1) is 13.5. The van der Waals surface area contributed by atoms with Gasteiger partial charge in [0.1, 0.15) is 0 Å². The fourth-order valence-electron chi connectivity index (χ4n) is 0.749. The lowest BCUT2D eigenvalue weighted by Gasteiger charge is -2.25. The molecule has 1 unspecified atom stereocenters. The molecule has 0 saturated carbocycles. The molecule has 0 aliphatic heterocycles. The van der Waals surface area contributed by atoms with Gasteiger partial charge in [-0.2, -0.15) is 22.0 Å². The minimum Gasteiger partial charge on any atom is -0.241 e. The van der Waals surface area contributed by atoms with Crippen LogP contribution in [-0.4, -0.2) is 24.4 Å². The molecule has 0 spiro atoms. The Labute approximate surface area is 76.1 Å². The summed E-state index contributed by atoms with van der Waals surface area (Å²) in [7, 11) is 0. The van der Waals surface area contributed by atoms with Crippen LogP contribution in [-0.2, 0) is 0 Å². The molecule has 1 radical (unpaired) electrons. The van der Waals surface area contributed by atoms with Gasteiger partial charge in [-0.25, -0.2) is 8.78 Å². The van der Waals surface area contributed by atoms with Gasteiger partial charge in [0.15, 0.2) is 6.17 Å². The van der Waals surface area contributed by atoms with E-state index < -0.39 is 30.9 Å². The third kappa shape index (κ3) is 3.02. The number of rotatable bonds is 4. The zero-order valence-corrected chi connectivity index (χ0v) is 6.92. The van der Waals surface area contributed by atoms with Crippen molar-refractivity contribution in [1.29, 1.82) is 0 Å². The van der Waals surface area contributed by atoms with Crippen LogP contribution in [0.3, 0.4) is 0 Å². The summed E-state index contributed by atoms with van der Waals surface area (Å²) in [5.74, 6) is -5.05. The maximum absolute atomic E-state index is 12.4. The van der Waals surface area contributed by atoms with E-state index in [1.807, 2.05) is 0 Å². The van der Waals surface area contributed by atoms with E-state index in [1.54, 1.807) is 0 Å². The fraction of sp³-hybridized carbons (Fsp3) is 0.857. The number of hydrogen-bond acceptors (Lipinski definition) is 0. The number of alkyl halides is 7. The smallest absolute Gasteiger partial charge is 0.241 e. The summed E-state index contributed by atoms with van der Waals surface area (Å²) >= 11 is 0. The predicted octanol–water partition coefficient (Wildman–Crippen LogP) is 3.47. The summed E-state index contributed by atoms with van der Waals surface area (Å²) in [6.45, 7) is 2.98. The van der Waals surface area contributed by atoms with Crippen LogP contribution in [0.15, 0.2) is 0 Å². The second kappa shape index (κ2) is 4.35. The Kier molecular flexibility index (Phi) is 4.20. The second-order valence-electron chi connectivity index (χ2n) is 2.69. The van der Waals surface area contributed by atoms with Crippen LogP contribution in [0.2, 0.25) is 0 Å². The topological polar surface area (TPSA) is 0 Å². The summed E-state index contributed by atoms with van der Waals surface area (Å²) in [5, 5.41) is 0. The zero-order valence-electron chi connectivity index (χ0n) is 6.92. The van der Waals surface area contributed by atoms with Crippen LogP contribution in [0.25, 0.3) is 0 Å². The molecule has 0 N–H and O–H groups in total. The molecule has 0 nitrogen and oxygen atoms in total. The van der Waals surface area contributed by atoms with E-state index >= 15 is 0 Å². The fourth-order valence-corrected chi connectivity index (χ4v) is 0.749. The molecule has 2 atom stereocenters. The highest BCUT2D eigenvalue weighted by atomic mass is 19.4. The van der Waals surface area contributed by atoms with E-state index in [4.69, 9.17) is 0 Å². The molecule has 0 aromatic rings. The number of hydrogen-bond donors (Lipinski definition) is 0. The van der Waals surface area contributed by atoms with E-state index in [0.29, 0.717) is 0 Å². The van der Waals surface area contributed by atoms with Crippen molar-refractivity contribution in [2.75, 3.05) is 0 Å². The molecular formula is C7H8F7. The highest BCUT2D eigenvalue weighted by Crippen LogP contribution is 2.39. The molecule has 0 fully saturated rings. The normalized spacial score (nSPS) is 18.0. The Bertz CT molecular complexity index is 173. The summed E-state index contributed by atoms with van der Waals surface area (Å²) in [6, 6.07) is 0. The van der Waals surface area contributed by atoms with E-state index in [9.17, 15) is 30.7 Å². The molecule has 0 bridgehead atoms. The first-order chi connectivity index (χ1) is 6.14. The summed E-state index contributed by atoms with van der Waals surface area (Å²) in [4.78, 5) is 0. The van der Waals surface area contributed by atoms with Gasteiger partial charge in [-0.05, 0) is 6.42 Å². The lowest BCUT2D eigenvalue weighted by atomic mass is 10.0. The standard InChI is InChI=1S/C7H8F7/c1-2-3-4(8)6(10,11)5(9)7(12,13)14/h4-5H,1-3H2/t4?,5-/m0/s1. The van der Waals surface area contributed by atoms with Crippen LogP contribution >= 0.6 is 0 Å². The summed E-state index contributed by atoms with van der Waals surface area (Å²) < 4.78 is 83.9. The SMILES string of the molecule is [CH2]CCC(F)C(F)(F)[C@H](F)C(F)(F)F. The quantitative estimate of drug-likeness (QED) is 0.642. The van der Waals surface area contributed by atoms with Gasteiger partial charge >= 0.3 is 12.1 Å². The van der Waals surface area contributed by atoms with Crippen molar-refractivity contribution < 1.29 is 30.7 Å². The Balaban J connectivity index is 4.59. The van der Waals surface area contributed by atoms with Gasteiger partial charge in [-0.15, -0.1) is 0 Å². The lowest BCUT2D eigenvalue weighted by molar-refractivity contribution is -0.259. The van der Waals surface area contributed by atoms with Crippen molar-refractivity contribution >= 4 is 0 Å². The van der Waals surface area contributed by atoms with Crippen molar-refractivity contribution in [3.8, 4) is 0 Å². The Hall–Kier alpha value is -0.490. The largest absolute Gasteiger partial charge is 0.425 e. The molecule has 0 aromatic heterocycles. The van der Waals surface area contributed by atoms with Crippen molar-refractivity contribution in [2.24, 2.45) is 0 Å². The van der Waals surface area contributed by atoms with Gasteiger partial charge in [-0.1, -0.05) is 13.3 Å². The van der Waals surface area contributed by atoms with Gasteiger partial charge in [0.2, 0.25) is 0 Å². The lowest BCUT2D eigenvalue weighted by Crippen LogP contribution is -2.47. The van der Waals surface area contributed by atoms with Crippen LogP contribution in [0.1, 0.15) is 12.8 Å². The van der Waals surface area contributed by atoms with Crippen molar-refractivity contribution in [3.63, 3.8) is 0 Å². The maximum atomic E-state index is 12.4. The van der Waals surface area contributed by atoms with Gasteiger partial charge in [0, 0.05) is 0 Å². The monoisotopic (exact) mass is 225 g/mol. The Morgan fingerprint density at radius 1 is 1.00 bits per heavy atom. The van der Waals surface area contributed by atoms with Crippen molar-refractivity contribution in [2.45, 2.75) is 37.3 Å². The molecular weight excluding hydrogens is 217 g/mol. The van der Waals surface area contributed by atoms with Gasteiger partial charge in [0.25, 0.3) is 6.17 Å². The molecule has 0 saturated heterocycles. The second-order valence-corrected chi connectivity index (χ2v) is 2.69. The van der Waals surface area contributed by atoms with Gasteiger partial charge < -0.3 is 0 Å². The van der Waals surface area contributed by atoms with Crippen molar-refractivity contribution in [1.82, 2.24) is 0 Å². The molecule has 14 heavy (non-hydrogen) atoms. The molecule has 0 rings (SSSR count). The molecule has 0 aliphatic carbocycles. The molecule has 0 heterocycles. The first-order valence-electron chi connectivity index (χ1n) is 3.66. The van der Waals surface area contributed by atoms with Gasteiger partial charge in [0.05, 0.1) is 0 Å². The van der Waals surface area contributed by atoms with Crippen LogP contribution in [0, 0.1) is 6.92 Å². The zero-order chi connectivity index (χ0) is 11.6. The molecule has 0 aromatic carbocycles. The highest BCUT2D eigenvalue weighted by molar-refractivity contribution is 4.89. The molecule has 0 amide bonds. The van der Waals surface area contributed by atoms with E-state index in [-0.39, 0.29) is 6.42 Å². The number of halogens is 7. The van der Waals surface area contributed by atoms with E-state index in [0.717, 1.165) is 0 Å². The molecule has 85 valence electrons. The maximum Gasteiger partial charge on any atom is 0.425 e. The minimum atomic E-state index is -5.75. The average molecular weight is 225 g/mol. The Morgan fingerprint density at radius 2 is 1.43 bits per heavy atom. The van der Waals surface area contributed by atoms with Crippen molar-refractivity contribution in [3.05, 3.63) is 6.92 Å². The molecule has 0 aliphatic rings. The third-order valence-corrected chi connectivity index (χ3v) is 1.50. The van der Waals surface area contributed by atoms with Crippen LogP contribution in [0.5, 0.6) is 0 Å². The van der Waals surface area contributed by atoms with E-state index in [1.165, 1.54) is 0 Å². The average Bonchev–Trinajstić information content (AvgIpc) is 2.01. The third-order valence-electron chi connectivity index (χ3n) is 1.50. The predicted molar refractivity (Wildman–Crippen MR) is 35.4 cm³/mol. The minimum absolute atomic E-state index is 0.332. The summed E-state index contributed by atoms with van der Waals surface area (Å²) in [6.07, 6.45) is -14.6. The summed E-state index contributed by atoms with van der Waals surface area (Å²) in [5.41, 5.74) is 0. The highest BCUT2D eigenvalue weighted by Gasteiger charge is 2.60. The van der Waals surface area contributed by atoms with Crippen LogP contribution < -0.4 is 0 Å². The van der Waals surface area contributed by atoms with Gasteiger partial charge in [-0.3, -0.25) is 0 Å². The van der Waals surface area contributed by atoms with E-state index in [2.05, 4.69) is 6.92 Å². The first-order valence-corrected chi connectivity index (χ1v) is 3.66. The van der Waals surface area contributed by atoms with Crippen LogP contribution in [0.4, 0.5) is 30.7 Å². The molecule has 7 heteroatoms.